The van der Waals surface area contributed by atoms with Crippen LogP contribution in [0, 0.1) is 6.92 Å². The maximum Gasteiger partial charge on any atom is 0.129 e. The molecule has 3 nitrogen and oxygen atoms in total. The zero-order chi connectivity index (χ0) is 13.8. The number of nitrogens with zero attached hydrogens (tertiary/aromatic N) is 2. The first-order valence-corrected chi connectivity index (χ1v) is 6.61. The van der Waals surface area contributed by atoms with E-state index in [4.69, 9.17) is 5.73 Å². The summed E-state index contributed by atoms with van der Waals surface area (Å²) in [6.45, 7) is 7.19. The van der Waals surface area contributed by atoms with Crippen molar-refractivity contribution in [2.45, 2.75) is 33.4 Å². The molecule has 1 aromatic carbocycles. The van der Waals surface area contributed by atoms with Crippen molar-refractivity contribution >= 4 is 11.5 Å². The Bertz CT molecular complexity index is 549. The van der Waals surface area contributed by atoms with Crippen LogP contribution in [0.15, 0.2) is 42.5 Å². The second-order valence-electron chi connectivity index (χ2n) is 5.10. The fourth-order valence-electron chi connectivity index (χ4n) is 2.10. The fraction of sp³-hybridized carbons (Fsp3) is 0.312. The average Bonchev–Trinajstić information content (AvgIpc) is 2.35. The van der Waals surface area contributed by atoms with Gasteiger partial charge in [-0.3, -0.25) is 0 Å². The van der Waals surface area contributed by atoms with Gasteiger partial charge >= 0.3 is 0 Å². The highest BCUT2D eigenvalue weighted by Crippen LogP contribution is 2.19. The standard InChI is InChI=1S/C16H21N3/c1-12(2)19(16-9-4-6-13(3)18-16)11-14-7-5-8-15(17)10-14/h4-10,12H,11,17H2,1-3H3. The van der Waals surface area contributed by atoms with Crippen LogP contribution in [0.5, 0.6) is 0 Å². The number of hydrogen-bond donors (Lipinski definition) is 1. The number of benzene rings is 1. The van der Waals surface area contributed by atoms with Crippen molar-refractivity contribution in [2.24, 2.45) is 0 Å². The molecule has 0 bridgehead atoms. The molecule has 1 aromatic heterocycles. The Balaban J connectivity index is 2.26. The molecule has 0 unspecified atom stereocenters. The summed E-state index contributed by atoms with van der Waals surface area (Å²) in [5.74, 6) is 1.01. The van der Waals surface area contributed by atoms with Gasteiger partial charge in [-0.2, -0.15) is 0 Å². The number of hydrogen-bond acceptors (Lipinski definition) is 3. The summed E-state index contributed by atoms with van der Waals surface area (Å²) in [5.41, 5.74) is 8.89. The van der Waals surface area contributed by atoms with E-state index in [1.54, 1.807) is 0 Å². The van der Waals surface area contributed by atoms with Crippen molar-refractivity contribution in [1.82, 2.24) is 4.98 Å². The van der Waals surface area contributed by atoms with Crippen molar-refractivity contribution in [3.8, 4) is 0 Å². The quantitative estimate of drug-likeness (QED) is 0.851. The Morgan fingerprint density at radius 3 is 2.53 bits per heavy atom. The van der Waals surface area contributed by atoms with Crippen molar-refractivity contribution in [1.29, 1.82) is 0 Å². The Morgan fingerprint density at radius 1 is 1.16 bits per heavy atom. The molecule has 0 atom stereocenters. The minimum atomic E-state index is 0.385. The van der Waals surface area contributed by atoms with Crippen LogP contribution in [0.2, 0.25) is 0 Å². The SMILES string of the molecule is Cc1cccc(N(Cc2cccc(N)c2)C(C)C)n1. The van der Waals surface area contributed by atoms with E-state index in [1.165, 1.54) is 5.56 Å². The molecule has 2 N–H and O–H groups in total. The van der Waals surface area contributed by atoms with Crippen molar-refractivity contribution in [2.75, 3.05) is 10.6 Å². The topological polar surface area (TPSA) is 42.1 Å². The summed E-state index contributed by atoms with van der Waals surface area (Å²) in [5, 5.41) is 0. The molecule has 2 rings (SSSR count). The van der Waals surface area contributed by atoms with Gasteiger partial charge in [-0.25, -0.2) is 4.98 Å². The molecule has 0 saturated carbocycles. The maximum absolute atomic E-state index is 5.84. The van der Waals surface area contributed by atoms with Crippen LogP contribution in [0.3, 0.4) is 0 Å². The minimum absolute atomic E-state index is 0.385. The van der Waals surface area contributed by atoms with Gasteiger partial charge in [0.1, 0.15) is 5.82 Å². The van der Waals surface area contributed by atoms with Crippen molar-refractivity contribution < 1.29 is 0 Å². The first-order valence-electron chi connectivity index (χ1n) is 6.61. The molecule has 0 amide bonds. The van der Waals surface area contributed by atoms with Crippen LogP contribution < -0.4 is 10.6 Å². The van der Waals surface area contributed by atoms with Crippen LogP contribution in [0.25, 0.3) is 0 Å². The summed E-state index contributed by atoms with van der Waals surface area (Å²) in [6.07, 6.45) is 0. The van der Waals surface area contributed by atoms with E-state index in [0.717, 1.165) is 23.7 Å². The zero-order valence-corrected chi connectivity index (χ0v) is 11.8. The highest BCUT2D eigenvalue weighted by Gasteiger charge is 2.12. The van der Waals surface area contributed by atoms with E-state index < -0.39 is 0 Å². The van der Waals surface area contributed by atoms with Gasteiger partial charge in [0.2, 0.25) is 0 Å². The molecule has 3 heteroatoms. The third-order valence-electron chi connectivity index (χ3n) is 3.10. The summed E-state index contributed by atoms with van der Waals surface area (Å²) in [4.78, 5) is 6.89. The van der Waals surface area contributed by atoms with Gasteiger partial charge in [0.05, 0.1) is 0 Å². The van der Waals surface area contributed by atoms with Crippen LogP contribution in [0.1, 0.15) is 25.1 Å². The van der Waals surface area contributed by atoms with Crippen LogP contribution >= 0.6 is 0 Å². The molecular formula is C16H21N3. The van der Waals surface area contributed by atoms with Crippen LogP contribution in [-0.4, -0.2) is 11.0 Å². The smallest absolute Gasteiger partial charge is 0.129 e. The zero-order valence-electron chi connectivity index (χ0n) is 11.8. The van der Waals surface area contributed by atoms with Crippen molar-refractivity contribution in [3.63, 3.8) is 0 Å². The summed E-state index contributed by atoms with van der Waals surface area (Å²) >= 11 is 0. The summed E-state index contributed by atoms with van der Waals surface area (Å²) in [6, 6.07) is 14.5. The van der Waals surface area contributed by atoms with Gasteiger partial charge in [-0.15, -0.1) is 0 Å². The van der Waals surface area contributed by atoms with Gasteiger partial charge in [0, 0.05) is 24.0 Å². The van der Waals surface area contributed by atoms with E-state index in [0.29, 0.717) is 6.04 Å². The lowest BCUT2D eigenvalue weighted by Crippen LogP contribution is -2.31. The average molecular weight is 255 g/mol. The number of anilines is 2. The van der Waals surface area contributed by atoms with Gasteiger partial charge in [0.15, 0.2) is 0 Å². The Hall–Kier alpha value is -2.03. The summed E-state index contributed by atoms with van der Waals surface area (Å²) < 4.78 is 0. The second kappa shape index (κ2) is 5.74. The number of aryl methyl sites for hydroxylation is 1. The van der Waals surface area contributed by atoms with E-state index in [9.17, 15) is 0 Å². The number of nitrogen functional groups attached to an aromatic ring is 1. The fourth-order valence-corrected chi connectivity index (χ4v) is 2.10. The Morgan fingerprint density at radius 2 is 1.89 bits per heavy atom. The maximum atomic E-state index is 5.84. The lowest BCUT2D eigenvalue weighted by Gasteiger charge is -2.28. The predicted molar refractivity (Wildman–Crippen MR) is 81.1 cm³/mol. The molecule has 0 aliphatic rings. The van der Waals surface area contributed by atoms with Crippen LogP contribution in [0.4, 0.5) is 11.5 Å². The third-order valence-corrected chi connectivity index (χ3v) is 3.10. The first-order chi connectivity index (χ1) is 9.06. The van der Waals surface area contributed by atoms with Gasteiger partial charge in [-0.05, 0) is 50.6 Å². The van der Waals surface area contributed by atoms with E-state index in [1.807, 2.05) is 37.3 Å². The predicted octanol–water partition coefficient (Wildman–Crippen LogP) is 3.39. The van der Waals surface area contributed by atoms with E-state index in [-0.39, 0.29) is 0 Å². The Kier molecular flexibility index (Phi) is 4.05. The molecule has 1 heterocycles. The lowest BCUT2D eigenvalue weighted by atomic mass is 10.1. The lowest BCUT2D eigenvalue weighted by molar-refractivity contribution is 0.671. The van der Waals surface area contributed by atoms with Gasteiger partial charge in [-0.1, -0.05) is 18.2 Å². The normalized spacial score (nSPS) is 10.7. The van der Waals surface area contributed by atoms with Crippen LogP contribution in [-0.2, 0) is 6.54 Å². The molecule has 0 aliphatic heterocycles. The highest BCUT2D eigenvalue weighted by atomic mass is 15.2. The summed E-state index contributed by atoms with van der Waals surface area (Å²) in [7, 11) is 0. The molecule has 0 spiro atoms. The Labute approximate surface area is 115 Å². The molecule has 2 aromatic rings. The number of aromatic nitrogens is 1. The molecule has 0 fully saturated rings. The van der Waals surface area contributed by atoms with Gasteiger partial charge in [0.25, 0.3) is 0 Å². The number of nitrogens with two attached hydrogens (primary N) is 1. The van der Waals surface area contributed by atoms with Crippen molar-refractivity contribution in [3.05, 3.63) is 53.7 Å². The molecule has 19 heavy (non-hydrogen) atoms. The molecule has 0 aliphatic carbocycles. The molecule has 0 saturated heterocycles. The second-order valence-corrected chi connectivity index (χ2v) is 5.10. The number of pyridine rings is 1. The van der Waals surface area contributed by atoms with E-state index in [2.05, 4.69) is 35.9 Å². The highest BCUT2D eigenvalue weighted by molar-refractivity contribution is 5.45. The monoisotopic (exact) mass is 255 g/mol. The third kappa shape index (κ3) is 3.47. The first kappa shape index (κ1) is 13.4. The van der Waals surface area contributed by atoms with E-state index >= 15 is 0 Å². The molecular weight excluding hydrogens is 234 g/mol. The largest absolute Gasteiger partial charge is 0.399 e. The molecule has 100 valence electrons. The van der Waals surface area contributed by atoms with Gasteiger partial charge < -0.3 is 10.6 Å². The molecule has 0 radical (unpaired) electrons. The minimum Gasteiger partial charge on any atom is -0.399 e. The number of rotatable bonds is 4.